The van der Waals surface area contributed by atoms with E-state index in [-0.39, 0.29) is 0 Å². The fourth-order valence-electron chi connectivity index (χ4n) is 2.58. The van der Waals surface area contributed by atoms with E-state index in [1.165, 1.54) is 0 Å². The van der Waals surface area contributed by atoms with Crippen molar-refractivity contribution in [3.05, 3.63) is 0 Å². The Morgan fingerprint density at radius 1 is 1.00 bits per heavy atom. The molecule has 2 fully saturated rings. The first-order chi connectivity index (χ1) is 12.4. The van der Waals surface area contributed by atoms with Crippen molar-refractivity contribution >= 4 is 7.82 Å². The van der Waals surface area contributed by atoms with Crippen molar-refractivity contribution in [1.82, 2.24) is 0 Å². The minimum Gasteiger partial charge on any atom is -0.388 e. The van der Waals surface area contributed by atoms with E-state index in [4.69, 9.17) is 24.0 Å². The Morgan fingerprint density at radius 2 is 1.63 bits per heavy atom. The van der Waals surface area contributed by atoms with Crippen molar-refractivity contribution in [2.45, 2.75) is 54.8 Å². The van der Waals surface area contributed by atoms with Crippen molar-refractivity contribution in [1.29, 1.82) is 0 Å². The second-order valence-electron chi connectivity index (χ2n) is 6.27. The minimum atomic E-state index is -4.90. The molecule has 0 aromatic heterocycles. The molecule has 0 aromatic rings. The summed E-state index contributed by atoms with van der Waals surface area (Å²) in [6.45, 7) is -2.29. The van der Waals surface area contributed by atoms with Crippen LogP contribution < -0.4 is 0 Å². The van der Waals surface area contributed by atoms with Gasteiger partial charge in [-0.25, -0.2) is 4.57 Å². The van der Waals surface area contributed by atoms with E-state index >= 15 is 0 Å². The third kappa shape index (κ3) is 5.41. The van der Waals surface area contributed by atoms with Crippen LogP contribution in [0.5, 0.6) is 0 Å². The predicted molar refractivity (Wildman–Crippen MR) is 79.6 cm³/mol. The molecule has 0 unspecified atom stereocenters. The van der Waals surface area contributed by atoms with Gasteiger partial charge in [-0.05, 0) is 0 Å². The lowest BCUT2D eigenvalue weighted by molar-refractivity contribution is -0.363. The van der Waals surface area contributed by atoms with Gasteiger partial charge in [0, 0.05) is 0 Å². The molecule has 2 saturated heterocycles. The van der Waals surface area contributed by atoms with Crippen LogP contribution in [-0.2, 0) is 23.3 Å². The van der Waals surface area contributed by atoms with Crippen LogP contribution in [-0.4, -0.2) is 120 Å². The molecule has 14 nitrogen and oxygen atoms in total. The topological polar surface area (TPSA) is 236 Å². The summed E-state index contributed by atoms with van der Waals surface area (Å²) in [5.41, 5.74) is 0. The van der Waals surface area contributed by atoms with E-state index in [1.54, 1.807) is 0 Å². The third-order valence-corrected chi connectivity index (χ3v) is 4.70. The first kappa shape index (κ1) is 23.0. The van der Waals surface area contributed by atoms with Gasteiger partial charge in [0.25, 0.3) is 0 Å². The molecule has 9 atom stereocenters. The van der Waals surface area contributed by atoms with Gasteiger partial charge in [-0.2, -0.15) is 0 Å². The molecular weight excluding hydrogens is 399 g/mol. The zero-order chi connectivity index (χ0) is 20.6. The second kappa shape index (κ2) is 8.61. The summed E-state index contributed by atoms with van der Waals surface area (Å²) in [6, 6.07) is 0. The molecule has 2 heterocycles. The Bertz CT molecular complexity index is 542. The van der Waals surface area contributed by atoms with Gasteiger partial charge in [0.1, 0.15) is 49.3 Å². The summed E-state index contributed by atoms with van der Waals surface area (Å²) in [5.74, 6) is -2.49. The molecule has 15 heteroatoms. The SMILES string of the molecule is O=P(O)(O)OC[C@H]1O[C@H](OC[C@@]2(O)OC[C@@H](O)[C@@H](O)[C@@H]2O)[C@H](O)[C@@H](O)[C@@H]1O. The van der Waals surface area contributed by atoms with Crippen LogP contribution in [0.1, 0.15) is 0 Å². The molecule has 2 aliphatic heterocycles. The van der Waals surface area contributed by atoms with Gasteiger partial charge < -0.3 is 59.7 Å². The van der Waals surface area contributed by atoms with Crippen LogP contribution in [0.15, 0.2) is 0 Å². The number of phosphoric ester groups is 1. The van der Waals surface area contributed by atoms with Crippen molar-refractivity contribution in [2.24, 2.45) is 0 Å². The average Bonchev–Trinajstić information content (AvgIpc) is 2.59. The summed E-state index contributed by atoms with van der Waals surface area (Å²) in [7, 11) is -4.90. The molecule has 9 N–H and O–H groups in total. The monoisotopic (exact) mass is 422 g/mol. The Hall–Kier alpha value is -0.290. The van der Waals surface area contributed by atoms with Gasteiger partial charge in [0.2, 0.25) is 5.79 Å². The average molecular weight is 422 g/mol. The molecule has 2 aliphatic rings. The Balaban J connectivity index is 2.00. The smallest absolute Gasteiger partial charge is 0.388 e. The number of aliphatic hydroxyl groups is 7. The Morgan fingerprint density at radius 3 is 2.22 bits per heavy atom. The van der Waals surface area contributed by atoms with E-state index < -0.39 is 82.4 Å². The van der Waals surface area contributed by atoms with Gasteiger partial charge in [-0.15, -0.1) is 0 Å². The molecule has 0 spiro atoms. The summed E-state index contributed by atoms with van der Waals surface area (Å²) >= 11 is 0. The van der Waals surface area contributed by atoms with Crippen molar-refractivity contribution in [3.63, 3.8) is 0 Å². The van der Waals surface area contributed by atoms with Gasteiger partial charge in [-0.3, -0.25) is 4.52 Å². The van der Waals surface area contributed by atoms with Crippen molar-refractivity contribution in [2.75, 3.05) is 19.8 Å². The van der Waals surface area contributed by atoms with E-state index in [9.17, 15) is 40.3 Å². The zero-order valence-electron chi connectivity index (χ0n) is 13.8. The maximum atomic E-state index is 10.7. The van der Waals surface area contributed by atoms with E-state index in [0.29, 0.717) is 0 Å². The molecule has 2 rings (SSSR count). The molecule has 0 radical (unpaired) electrons. The molecule has 0 aliphatic carbocycles. The quantitative estimate of drug-likeness (QED) is 0.182. The number of phosphoric acid groups is 1. The van der Waals surface area contributed by atoms with Gasteiger partial charge in [0.05, 0.1) is 13.2 Å². The van der Waals surface area contributed by atoms with E-state index in [1.807, 2.05) is 0 Å². The standard InChI is InChI=1S/C12H23O14P/c13-4-1-24-12(19,10(18)6(4)14)3-23-11-9(17)8(16)7(15)5(26-11)2-25-27(20,21)22/h4-11,13-19H,1-3H2,(H2,20,21,22)/t4-,5-,6-,7-,8+,9-,10+,11+,12-/m1/s1. The molecule has 0 aromatic carbocycles. The van der Waals surface area contributed by atoms with Crippen LogP contribution in [0, 0.1) is 0 Å². The first-order valence-corrected chi connectivity index (χ1v) is 9.30. The van der Waals surface area contributed by atoms with Gasteiger partial charge >= 0.3 is 7.82 Å². The number of ether oxygens (including phenoxy) is 3. The Labute approximate surface area is 152 Å². The fourth-order valence-corrected chi connectivity index (χ4v) is 2.92. The number of rotatable bonds is 6. The lowest BCUT2D eigenvalue weighted by Gasteiger charge is -2.44. The number of hydrogen-bond donors (Lipinski definition) is 9. The highest BCUT2D eigenvalue weighted by atomic mass is 31.2. The van der Waals surface area contributed by atoms with Gasteiger partial charge in [0.15, 0.2) is 6.29 Å². The lowest BCUT2D eigenvalue weighted by atomic mass is 9.97. The summed E-state index contributed by atoms with van der Waals surface area (Å²) < 4.78 is 29.9. The molecular formula is C12H23O14P. The van der Waals surface area contributed by atoms with Crippen LogP contribution in [0.3, 0.4) is 0 Å². The number of hydrogen-bond acceptors (Lipinski definition) is 12. The molecule has 160 valence electrons. The summed E-state index contributed by atoms with van der Waals surface area (Å²) in [4.78, 5) is 17.4. The maximum absolute atomic E-state index is 10.7. The van der Waals surface area contributed by atoms with Crippen LogP contribution in [0.25, 0.3) is 0 Å². The molecule has 27 heavy (non-hydrogen) atoms. The second-order valence-corrected chi connectivity index (χ2v) is 7.51. The Kier molecular flexibility index (Phi) is 7.33. The van der Waals surface area contributed by atoms with Crippen LogP contribution in [0.2, 0.25) is 0 Å². The largest absolute Gasteiger partial charge is 0.469 e. The molecule has 0 amide bonds. The molecule has 0 bridgehead atoms. The van der Waals surface area contributed by atoms with Crippen LogP contribution in [0.4, 0.5) is 0 Å². The van der Waals surface area contributed by atoms with Crippen molar-refractivity contribution in [3.8, 4) is 0 Å². The lowest BCUT2D eigenvalue weighted by Crippen LogP contribution is -2.64. The highest BCUT2D eigenvalue weighted by Gasteiger charge is 2.51. The highest BCUT2D eigenvalue weighted by Crippen LogP contribution is 2.37. The van der Waals surface area contributed by atoms with E-state index in [0.717, 1.165) is 0 Å². The summed E-state index contributed by atoms with van der Waals surface area (Å²) in [6.07, 6.45) is -13.9. The number of aliphatic hydroxyl groups excluding tert-OH is 6. The predicted octanol–water partition coefficient (Wildman–Crippen LogP) is -5.28. The third-order valence-electron chi connectivity index (χ3n) is 4.21. The van der Waals surface area contributed by atoms with E-state index in [2.05, 4.69) is 4.52 Å². The zero-order valence-corrected chi connectivity index (χ0v) is 14.6. The normalized spacial score (nSPS) is 46.4. The van der Waals surface area contributed by atoms with Crippen molar-refractivity contribution < 1.29 is 68.8 Å². The maximum Gasteiger partial charge on any atom is 0.469 e. The van der Waals surface area contributed by atoms with Gasteiger partial charge in [-0.1, -0.05) is 0 Å². The van der Waals surface area contributed by atoms with Crippen LogP contribution >= 0.6 is 7.82 Å². The molecule has 0 saturated carbocycles. The summed E-state index contributed by atoms with van der Waals surface area (Å²) in [5, 5.41) is 68.5. The first-order valence-electron chi connectivity index (χ1n) is 7.77. The fraction of sp³-hybridized carbons (Fsp3) is 1.00. The highest BCUT2D eigenvalue weighted by molar-refractivity contribution is 7.46. The minimum absolute atomic E-state index is 0.535.